The van der Waals surface area contributed by atoms with E-state index >= 15 is 0 Å². The van der Waals surface area contributed by atoms with Crippen molar-refractivity contribution in [1.82, 2.24) is 4.98 Å². The minimum atomic E-state index is -4.06. The van der Waals surface area contributed by atoms with Crippen LogP contribution in [-0.4, -0.2) is 32.5 Å². The summed E-state index contributed by atoms with van der Waals surface area (Å²) in [7, 11) is -2.71. The van der Waals surface area contributed by atoms with Crippen molar-refractivity contribution in [2.45, 2.75) is 0 Å². The lowest BCUT2D eigenvalue weighted by molar-refractivity contribution is 0.174. The third-order valence-electron chi connectivity index (χ3n) is 3.79. The SMILES string of the molecule is COc1ccc(-c2cc3cc(F)c(F)cc3[nH]2)cc1NS(=O)(=O)COC(N)=O. The van der Waals surface area contributed by atoms with E-state index in [9.17, 15) is 22.0 Å². The van der Waals surface area contributed by atoms with Crippen molar-refractivity contribution < 1.29 is 31.5 Å². The van der Waals surface area contributed by atoms with Crippen LogP contribution in [0.5, 0.6) is 5.75 Å². The summed E-state index contributed by atoms with van der Waals surface area (Å²) in [6.07, 6.45) is -1.23. The lowest BCUT2D eigenvalue weighted by Crippen LogP contribution is -2.24. The van der Waals surface area contributed by atoms with E-state index in [4.69, 9.17) is 10.5 Å². The Morgan fingerprint density at radius 3 is 2.57 bits per heavy atom. The molecule has 0 spiro atoms. The zero-order valence-electron chi connectivity index (χ0n) is 14.5. The number of hydrogen-bond donors (Lipinski definition) is 3. The number of fused-ring (bicyclic) bond motifs is 1. The van der Waals surface area contributed by atoms with Gasteiger partial charge in [-0.25, -0.2) is 22.0 Å². The lowest BCUT2D eigenvalue weighted by Gasteiger charge is -2.13. The van der Waals surface area contributed by atoms with Crippen molar-refractivity contribution in [2.75, 3.05) is 17.8 Å². The Labute approximate surface area is 158 Å². The predicted octanol–water partition coefficient (Wildman–Crippen LogP) is 2.92. The van der Waals surface area contributed by atoms with Crippen LogP contribution >= 0.6 is 0 Å². The number of ether oxygens (including phenoxy) is 2. The van der Waals surface area contributed by atoms with Gasteiger partial charge in [0, 0.05) is 28.2 Å². The van der Waals surface area contributed by atoms with Crippen LogP contribution in [-0.2, 0) is 14.8 Å². The minimum absolute atomic E-state index is 0.0732. The molecule has 1 aromatic heterocycles. The Bertz CT molecular complexity index is 1120. The fraction of sp³-hybridized carbons (Fsp3) is 0.118. The van der Waals surface area contributed by atoms with Crippen LogP contribution in [0.25, 0.3) is 22.2 Å². The van der Waals surface area contributed by atoms with E-state index in [1.165, 1.54) is 19.2 Å². The summed E-state index contributed by atoms with van der Waals surface area (Å²) in [6, 6.07) is 8.27. The van der Waals surface area contributed by atoms with Gasteiger partial charge >= 0.3 is 6.09 Å². The number of amides is 1. The van der Waals surface area contributed by atoms with E-state index in [2.05, 4.69) is 14.4 Å². The van der Waals surface area contributed by atoms with E-state index in [0.717, 1.165) is 12.1 Å². The molecule has 8 nitrogen and oxygen atoms in total. The first-order valence-corrected chi connectivity index (χ1v) is 9.42. The molecule has 11 heteroatoms. The fourth-order valence-electron chi connectivity index (χ4n) is 2.57. The van der Waals surface area contributed by atoms with Gasteiger partial charge in [-0.15, -0.1) is 0 Å². The number of aromatic amines is 1. The largest absolute Gasteiger partial charge is 0.495 e. The molecule has 0 aliphatic heterocycles. The molecule has 3 rings (SSSR count). The molecule has 28 heavy (non-hydrogen) atoms. The maximum Gasteiger partial charge on any atom is 0.405 e. The molecule has 3 aromatic rings. The Balaban J connectivity index is 1.98. The number of anilines is 1. The van der Waals surface area contributed by atoms with Gasteiger partial charge in [-0.05, 0) is 30.3 Å². The zero-order valence-corrected chi connectivity index (χ0v) is 15.3. The molecule has 0 radical (unpaired) electrons. The van der Waals surface area contributed by atoms with Gasteiger partial charge in [-0.2, -0.15) is 0 Å². The average molecular weight is 411 g/mol. The molecule has 0 bridgehead atoms. The van der Waals surface area contributed by atoms with Crippen molar-refractivity contribution in [2.24, 2.45) is 5.73 Å². The number of benzene rings is 2. The molecule has 4 N–H and O–H groups in total. The monoisotopic (exact) mass is 411 g/mol. The average Bonchev–Trinajstić information content (AvgIpc) is 3.03. The van der Waals surface area contributed by atoms with Crippen LogP contribution < -0.4 is 15.2 Å². The number of H-pyrrole nitrogens is 1. The van der Waals surface area contributed by atoms with E-state index in [1.54, 1.807) is 12.1 Å². The van der Waals surface area contributed by atoms with Gasteiger partial charge < -0.3 is 20.2 Å². The van der Waals surface area contributed by atoms with E-state index in [0.29, 0.717) is 22.2 Å². The number of primary amides is 1. The molecule has 2 aromatic carbocycles. The number of carbonyl (C=O) groups is 1. The Hall–Kier alpha value is -3.34. The summed E-state index contributed by atoms with van der Waals surface area (Å²) in [5.74, 6) is -2.73. The number of nitrogens with two attached hydrogens (primary N) is 1. The molecule has 0 saturated heterocycles. The van der Waals surface area contributed by atoms with Crippen LogP contribution in [0.2, 0.25) is 0 Å². The number of sulfonamides is 1. The number of methoxy groups -OCH3 is 1. The van der Waals surface area contributed by atoms with Crippen LogP contribution in [0.3, 0.4) is 0 Å². The number of rotatable bonds is 6. The molecule has 1 amide bonds. The zero-order chi connectivity index (χ0) is 20.5. The maximum atomic E-state index is 13.4. The second-order valence-corrected chi connectivity index (χ2v) is 7.42. The van der Waals surface area contributed by atoms with Crippen LogP contribution in [0.4, 0.5) is 19.3 Å². The first-order valence-electron chi connectivity index (χ1n) is 7.77. The molecule has 1 heterocycles. The molecule has 0 unspecified atom stereocenters. The van der Waals surface area contributed by atoms with Crippen LogP contribution in [0, 0.1) is 11.6 Å². The van der Waals surface area contributed by atoms with Crippen molar-refractivity contribution in [3.8, 4) is 17.0 Å². The molecule has 0 atom stereocenters. The standard InChI is InChI=1S/C17H15F2N3O5S/c1-26-16-3-2-9(5-15(16)22-28(24,25)8-27-17(20)23)13-6-10-4-11(18)12(19)7-14(10)21-13/h2-7,21-22H,8H2,1H3,(H2,20,23). The van der Waals surface area contributed by atoms with Gasteiger partial charge in [0.15, 0.2) is 11.6 Å². The molecule has 0 aliphatic rings. The second-order valence-electron chi connectivity index (χ2n) is 5.75. The summed E-state index contributed by atoms with van der Waals surface area (Å²) < 4.78 is 62.6. The van der Waals surface area contributed by atoms with Gasteiger partial charge in [0.1, 0.15) is 5.75 Å². The van der Waals surface area contributed by atoms with E-state index in [-0.39, 0.29) is 11.4 Å². The summed E-state index contributed by atoms with van der Waals surface area (Å²) in [5, 5.41) is 0.446. The Kier molecular flexibility index (Phi) is 5.10. The van der Waals surface area contributed by atoms with Gasteiger partial charge in [-0.3, -0.25) is 4.72 Å². The molecule has 0 saturated carbocycles. The summed E-state index contributed by atoms with van der Waals surface area (Å²) >= 11 is 0. The topological polar surface area (TPSA) is 124 Å². The fourth-order valence-corrected chi connectivity index (χ4v) is 3.39. The van der Waals surface area contributed by atoms with Gasteiger partial charge in [-0.1, -0.05) is 0 Å². The number of aromatic nitrogens is 1. The number of hydrogen-bond acceptors (Lipinski definition) is 5. The number of halogens is 2. The lowest BCUT2D eigenvalue weighted by atomic mass is 10.1. The molecule has 148 valence electrons. The van der Waals surface area contributed by atoms with Gasteiger partial charge in [0.05, 0.1) is 12.8 Å². The third kappa shape index (κ3) is 4.14. The molecular formula is C17H15F2N3O5S. The summed E-state index contributed by atoms with van der Waals surface area (Å²) in [4.78, 5) is 13.6. The van der Waals surface area contributed by atoms with Crippen molar-refractivity contribution in [3.63, 3.8) is 0 Å². The van der Waals surface area contributed by atoms with Crippen molar-refractivity contribution >= 4 is 32.7 Å². The molecular weight excluding hydrogens is 396 g/mol. The van der Waals surface area contributed by atoms with Crippen molar-refractivity contribution in [1.29, 1.82) is 0 Å². The first kappa shape index (κ1) is 19.4. The van der Waals surface area contributed by atoms with Gasteiger partial charge in [0.2, 0.25) is 5.94 Å². The molecule has 0 fully saturated rings. The highest BCUT2D eigenvalue weighted by Crippen LogP contribution is 2.33. The van der Waals surface area contributed by atoms with E-state index < -0.39 is 33.7 Å². The highest BCUT2D eigenvalue weighted by molar-refractivity contribution is 7.92. The molecule has 0 aliphatic carbocycles. The van der Waals surface area contributed by atoms with Crippen LogP contribution in [0.1, 0.15) is 0 Å². The van der Waals surface area contributed by atoms with E-state index in [1.807, 2.05) is 0 Å². The summed E-state index contributed by atoms with van der Waals surface area (Å²) in [5.41, 5.74) is 6.24. The normalized spacial score (nSPS) is 11.4. The Morgan fingerprint density at radius 1 is 1.18 bits per heavy atom. The number of carbonyl (C=O) groups excluding carboxylic acids is 1. The smallest absolute Gasteiger partial charge is 0.405 e. The number of nitrogens with one attached hydrogen (secondary N) is 2. The summed E-state index contributed by atoms with van der Waals surface area (Å²) in [6.45, 7) is 0. The van der Waals surface area contributed by atoms with Crippen LogP contribution in [0.15, 0.2) is 36.4 Å². The highest BCUT2D eigenvalue weighted by Gasteiger charge is 2.17. The third-order valence-corrected chi connectivity index (χ3v) is 4.75. The maximum absolute atomic E-state index is 13.4. The van der Waals surface area contributed by atoms with Gasteiger partial charge in [0.25, 0.3) is 10.0 Å². The second kappa shape index (κ2) is 7.35. The minimum Gasteiger partial charge on any atom is -0.495 e. The Morgan fingerprint density at radius 2 is 1.89 bits per heavy atom. The first-order chi connectivity index (χ1) is 13.2. The van der Waals surface area contributed by atoms with Crippen molar-refractivity contribution in [3.05, 3.63) is 48.0 Å². The predicted molar refractivity (Wildman–Crippen MR) is 98.3 cm³/mol. The quantitative estimate of drug-likeness (QED) is 0.575. The highest BCUT2D eigenvalue weighted by atomic mass is 32.2.